The average molecular weight is 373 g/mol. The number of rotatable bonds is 9. The predicted octanol–water partition coefficient (Wildman–Crippen LogP) is 1.72. The van der Waals surface area contributed by atoms with Crippen molar-refractivity contribution in [1.29, 1.82) is 0 Å². The number of imide groups is 1. The monoisotopic (exact) mass is 373 g/mol. The second-order valence-electron chi connectivity index (χ2n) is 7.05. The number of ether oxygens (including phenoxy) is 1. The lowest BCUT2D eigenvalue weighted by atomic mass is 10.1. The number of piperidine rings is 1. The van der Waals surface area contributed by atoms with E-state index in [2.05, 4.69) is 10.6 Å². The summed E-state index contributed by atoms with van der Waals surface area (Å²) in [7, 11) is 1.95. The van der Waals surface area contributed by atoms with Crippen molar-refractivity contribution in [2.24, 2.45) is 0 Å². The topological polar surface area (TPSA) is 87.7 Å². The molecule has 1 unspecified atom stereocenters. The maximum Gasteiger partial charge on any atom is 0.262 e. The van der Waals surface area contributed by atoms with Crippen LogP contribution in [0.5, 0.6) is 5.75 Å². The van der Waals surface area contributed by atoms with Gasteiger partial charge in [-0.05, 0) is 51.1 Å². The summed E-state index contributed by atoms with van der Waals surface area (Å²) in [6.07, 6.45) is 5.22. The fourth-order valence-corrected chi connectivity index (χ4v) is 3.55. The van der Waals surface area contributed by atoms with E-state index in [9.17, 15) is 14.4 Å². The first-order valence-corrected chi connectivity index (χ1v) is 9.68. The number of carbonyl (C=O) groups is 3. The van der Waals surface area contributed by atoms with Gasteiger partial charge in [-0.2, -0.15) is 0 Å². The first-order chi connectivity index (χ1) is 13.1. The Labute approximate surface area is 159 Å². The second-order valence-corrected chi connectivity index (χ2v) is 7.05. The van der Waals surface area contributed by atoms with Crippen molar-refractivity contribution in [2.75, 3.05) is 26.7 Å². The normalized spacial score (nSPS) is 19.2. The number of unbranched alkanes of at least 4 members (excludes halogenated alkanes) is 3. The van der Waals surface area contributed by atoms with E-state index in [1.54, 1.807) is 18.2 Å². The van der Waals surface area contributed by atoms with Crippen molar-refractivity contribution in [3.63, 3.8) is 0 Å². The van der Waals surface area contributed by atoms with E-state index >= 15 is 0 Å². The van der Waals surface area contributed by atoms with Crippen LogP contribution in [0.3, 0.4) is 0 Å². The summed E-state index contributed by atoms with van der Waals surface area (Å²) in [6, 6.07) is 4.80. The zero-order chi connectivity index (χ0) is 19.2. The van der Waals surface area contributed by atoms with Crippen LogP contribution in [-0.2, 0) is 4.79 Å². The Morgan fingerprint density at radius 3 is 2.63 bits per heavy atom. The Morgan fingerprint density at radius 2 is 1.89 bits per heavy atom. The molecule has 3 rings (SSSR count). The van der Waals surface area contributed by atoms with E-state index in [0.29, 0.717) is 42.9 Å². The van der Waals surface area contributed by atoms with Gasteiger partial charge in [-0.15, -0.1) is 0 Å². The summed E-state index contributed by atoms with van der Waals surface area (Å²) in [4.78, 5) is 38.0. The minimum atomic E-state index is -0.298. The quantitative estimate of drug-likeness (QED) is 0.508. The standard InChI is InChI=1S/C20H27N3O4/c1-21-10-4-2-3-5-11-27-15-7-8-16-17(12-15)20(26)23(19(16)25)14-6-9-18(24)22-13-14/h7-8,12,14,21H,2-6,9-11,13H2,1H3,(H,22,24). The number of nitrogens with one attached hydrogen (secondary N) is 2. The molecule has 27 heavy (non-hydrogen) atoms. The van der Waals surface area contributed by atoms with Crippen LogP contribution < -0.4 is 15.4 Å². The molecule has 0 saturated carbocycles. The van der Waals surface area contributed by atoms with Gasteiger partial charge in [-0.25, -0.2) is 0 Å². The molecule has 7 heteroatoms. The molecule has 1 aromatic carbocycles. The Kier molecular flexibility index (Phi) is 6.45. The van der Waals surface area contributed by atoms with E-state index in [-0.39, 0.29) is 23.8 Å². The van der Waals surface area contributed by atoms with Crippen LogP contribution in [0, 0.1) is 0 Å². The van der Waals surface area contributed by atoms with Crippen LogP contribution >= 0.6 is 0 Å². The highest BCUT2D eigenvalue weighted by Gasteiger charge is 2.41. The highest BCUT2D eigenvalue weighted by molar-refractivity contribution is 6.21. The number of hydrogen-bond donors (Lipinski definition) is 2. The lowest BCUT2D eigenvalue weighted by Crippen LogP contribution is -2.50. The molecule has 2 N–H and O–H groups in total. The first-order valence-electron chi connectivity index (χ1n) is 9.68. The lowest BCUT2D eigenvalue weighted by molar-refractivity contribution is -0.123. The maximum atomic E-state index is 12.7. The number of hydrogen-bond acceptors (Lipinski definition) is 5. The third-order valence-electron chi connectivity index (χ3n) is 5.08. The van der Waals surface area contributed by atoms with Crippen LogP contribution in [0.1, 0.15) is 59.2 Å². The molecule has 2 heterocycles. The summed E-state index contributed by atoms with van der Waals surface area (Å²) in [5.74, 6) is -0.00526. The predicted molar refractivity (Wildman–Crippen MR) is 101 cm³/mol. The van der Waals surface area contributed by atoms with Crippen LogP contribution in [0.2, 0.25) is 0 Å². The molecule has 0 aromatic heterocycles. The van der Waals surface area contributed by atoms with Crippen LogP contribution in [0.15, 0.2) is 18.2 Å². The van der Waals surface area contributed by atoms with Crippen molar-refractivity contribution in [3.05, 3.63) is 29.3 Å². The Bertz CT molecular complexity index is 709. The largest absolute Gasteiger partial charge is 0.494 e. The molecule has 1 saturated heterocycles. The smallest absolute Gasteiger partial charge is 0.262 e. The van der Waals surface area contributed by atoms with E-state index in [0.717, 1.165) is 32.2 Å². The second kappa shape index (κ2) is 8.99. The molecule has 0 spiro atoms. The molecule has 0 radical (unpaired) electrons. The highest BCUT2D eigenvalue weighted by atomic mass is 16.5. The minimum Gasteiger partial charge on any atom is -0.494 e. The fraction of sp³-hybridized carbons (Fsp3) is 0.550. The highest BCUT2D eigenvalue weighted by Crippen LogP contribution is 2.30. The van der Waals surface area contributed by atoms with E-state index < -0.39 is 0 Å². The lowest BCUT2D eigenvalue weighted by Gasteiger charge is -2.29. The van der Waals surface area contributed by atoms with Crippen LogP contribution in [-0.4, -0.2) is 55.4 Å². The van der Waals surface area contributed by atoms with Crippen molar-refractivity contribution in [1.82, 2.24) is 15.5 Å². The van der Waals surface area contributed by atoms with Gasteiger partial charge < -0.3 is 15.4 Å². The van der Waals surface area contributed by atoms with Gasteiger partial charge in [0.1, 0.15) is 5.75 Å². The van der Waals surface area contributed by atoms with Crippen LogP contribution in [0.25, 0.3) is 0 Å². The minimum absolute atomic E-state index is 0.0375. The van der Waals surface area contributed by atoms with Gasteiger partial charge in [0.25, 0.3) is 11.8 Å². The number of carbonyl (C=O) groups excluding carboxylic acids is 3. The molecule has 0 aliphatic carbocycles. The van der Waals surface area contributed by atoms with E-state index in [1.807, 2.05) is 7.05 Å². The van der Waals surface area contributed by atoms with Gasteiger partial charge >= 0.3 is 0 Å². The van der Waals surface area contributed by atoms with E-state index in [4.69, 9.17) is 4.74 Å². The van der Waals surface area contributed by atoms with Crippen molar-refractivity contribution < 1.29 is 19.1 Å². The van der Waals surface area contributed by atoms with Crippen LogP contribution in [0.4, 0.5) is 0 Å². The van der Waals surface area contributed by atoms with Gasteiger partial charge in [0.05, 0.1) is 23.8 Å². The summed E-state index contributed by atoms with van der Waals surface area (Å²) in [5, 5.41) is 5.86. The summed E-state index contributed by atoms with van der Waals surface area (Å²) in [5.41, 5.74) is 0.805. The molecular formula is C20H27N3O4. The molecule has 1 fully saturated rings. The van der Waals surface area contributed by atoms with Crippen molar-refractivity contribution in [3.8, 4) is 5.75 Å². The number of nitrogens with zero attached hydrogens (tertiary/aromatic N) is 1. The third-order valence-corrected chi connectivity index (χ3v) is 5.08. The molecule has 7 nitrogen and oxygen atoms in total. The molecule has 146 valence electrons. The summed E-state index contributed by atoms with van der Waals surface area (Å²) in [6.45, 7) is 1.95. The zero-order valence-corrected chi connectivity index (χ0v) is 15.8. The van der Waals surface area contributed by atoms with Gasteiger partial charge in [0, 0.05) is 13.0 Å². The van der Waals surface area contributed by atoms with Gasteiger partial charge in [0.15, 0.2) is 0 Å². The maximum absolute atomic E-state index is 12.7. The summed E-state index contributed by atoms with van der Waals surface area (Å²) >= 11 is 0. The molecule has 3 amide bonds. The van der Waals surface area contributed by atoms with Gasteiger partial charge in [0.2, 0.25) is 5.91 Å². The SMILES string of the molecule is CNCCCCCCOc1ccc2c(c1)C(=O)N(C1CCC(=O)NC1)C2=O. The molecular weight excluding hydrogens is 346 g/mol. The molecule has 1 atom stereocenters. The van der Waals surface area contributed by atoms with Crippen molar-refractivity contribution >= 4 is 17.7 Å². The first kappa shape index (κ1) is 19.4. The Balaban J connectivity index is 1.56. The Morgan fingerprint density at radius 1 is 1.11 bits per heavy atom. The molecule has 2 aliphatic rings. The summed E-state index contributed by atoms with van der Waals surface area (Å²) < 4.78 is 5.76. The molecule has 1 aromatic rings. The Hall–Kier alpha value is -2.41. The fourth-order valence-electron chi connectivity index (χ4n) is 3.55. The number of fused-ring (bicyclic) bond motifs is 1. The zero-order valence-electron chi connectivity index (χ0n) is 15.8. The van der Waals surface area contributed by atoms with Gasteiger partial charge in [-0.1, -0.05) is 12.8 Å². The third kappa shape index (κ3) is 4.47. The number of amides is 3. The average Bonchev–Trinajstić information content (AvgIpc) is 2.92. The van der Waals surface area contributed by atoms with Gasteiger partial charge in [-0.3, -0.25) is 19.3 Å². The number of benzene rings is 1. The molecule has 2 aliphatic heterocycles. The van der Waals surface area contributed by atoms with E-state index in [1.165, 1.54) is 4.90 Å². The van der Waals surface area contributed by atoms with Crippen molar-refractivity contribution in [2.45, 2.75) is 44.6 Å². The molecule has 0 bridgehead atoms.